The van der Waals surface area contributed by atoms with Crippen LogP contribution in [0.5, 0.6) is 0 Å². The van der Waals surface area contributed by atoms with Crippen LogP contribution < -0.4 is 16.5 Å². The van der Waals surface area contributed by atoms with Crippen molar-refractivity contribution in [2.24, 2.45) is 15.8 Å². The summed E-state index contributed by atoms with van der Waals surface area (Å²) in [6.45, 7) is 0. The molecule has 134 valence electrons. The zero-order valence-electron chi connectivity index (χ0n) is 14.6. The number of rotatable bonds is 3. The van der Waals surface area contributed by atoms with Crippen LogP contribution in [-0.2, 0) is 0 Å². The van der Waals surface area contributed by atoms with Crippen molar-refractivity contribution in [2.75, 3.05) is 7.05 Å². The molecular formula is C20H17FN6. The summed E-state index contributed by atoms with van der Waals surface area (Å²) in [5.74, 6) is -0.217. The Hall–Kier alpha value is -3.74. The first-order chi connectivity index (χ1) is 13.2. The summed E-state index contributed by atoms with van der Waals surface area (Å²) in [6, 6.07) is 16.9. The van der Waals surface area contributed by atoms with E-state index in [1.807, 2.05) is 48.5 Å². The molecule has 4 rings (SSSR count). The minimum Gasteiger partial charge on any atom is -0.386 e. The van der Waals surface area contributed by atoms with Crippen LogP contribution in [0.4, 0.5) is 4.39 Å². The molecule has 0 aliphatic carbocycles. The topological polar surface area (TPSA) is 87.7 Å². The molecule has 1 aliphatic heterocycles. The van der Waals surface area contributed by atoms with Crippen LogP contribution in [0.2, 0.25) is 0 Å². The molecule has 0 unspecified atom stereocenters. The van der Waals surface area contributed by atoms with Crippen LogP contribution in [-0.4, -0.2) is 24.2 Å². The van der Waals surface area contributed by atoms with Gasteiger partial charge in [0.2, 0.25) is 0 Å². The molecule has 4 N–H and O–H groups in total. The van der Waals surface area contributed by atoms with Gasteiger partial charge in [0.25, 0.3) is 0 Å². The second kappa shape index (κ2) is 6.87. The first kappa shape index (κ1) is 16.7. The van der Waals surface area contributed by atoms with Gasteiger partial charge < -0.3 is 11.1 Å². The van der Waals surface area contributed by atoms with Crippen molar-refractivity contribution in [1.82, 2.24) is 15.7 Å². The number of fused-ring (bicyclic) bond motifs is 1. The lowest BCUT2D eigenvalue weighted by Crippen LogP contribution is -2.30. The molecule has 0 saturated heterocycles. The number of hydrazone groups is 1. The summed E-state index contributed by atoms with van der Waals surface area (Å²) in [5.41, 5.74) is 11.8. The quantitative estimate of drug-likeness (QED) is 0.670. The van der Waals surface area contributed by atoms with Gasteiger partial charge in [0.05, 0.1) is 11.4 Å². The molecule has 6 nitrogen and oxygen atoms in total. The number of hydrogen-bond acceptors (Lipinski definition) is 6. The molecule has 3 aromatic rings. The Morgan fingerprint density at radius 3 is 2.59 bits per heavy atom. The summed E-state index contributed by atoms with van der Waals surface area (Å²) in [6.07, 6.45) is 1.30. The SMILES string of the molecule is CN/C(=C1\NN=CN=C1N)c1ccc2ccc(-c3ccccc3)nc2c1F. The number of amidine groups is 1. The zero-order chi connectivity index (χ0) is 18.8. The van der Waals surface area contributed by atoms with Crippen LogP contribution in [0.15, 0.2) is 70.4 Å². The third-order valence-corrected chi connectivity index (χ3v) is 4.33. The summed E-state index contributed by atoms with van der Waals surface area (Å²) < 4.78 is 15.4. The van der Waals surface area contributed by atoms with Gasteiger partial charge in [0.1, 0.15) is 17.6 Å². The average Bonchev–Trinajstić information content (AvgIpc) is 2.72. The van der Waals surface area contributed by atoms with Gasteiger partial charge in [0.15, 0.2) is 11.7 Å². The second-order valence-corrected chi connectivity index (χ2v) is 5.93. The van der Waals surface area contributed by atoms with Gasteiger partial charge in [0, 0.05) is 23.6 Å². The van der Waals surface area contributed by atoms with Crippen molar-refractivity contribution >= 4 is 28.8 Å². The molecule has 1 aromatic heterocycles. The molecule has 0 fully saturated rings. The van der Waals surface area contributed by atoms with E-state index in [2.05, 4.69) is 25.8 Å². The molecule has 0 spiro atoms. The highest BCUT2D eigenvalue weighted by atomic mass is 19.1. The number of nitrogens with two attached hydrogens (primary N) is 1. The molecule has 0 amide bonds. The Kier molecular flexibility index (Phi) is 4.25. The molecule has 27 heavy (non-hydrogen) atoms. The number of nitrogens with zero attached hydrogens (tertiary/aromatic N) is 3. The van der Waals surface area contributed by atoms with Crippen LogP contribution in [0.1, 0.15) is 5.56 Å². The fourth-order valence-corrected chi connectivity index (χ4v) is 3.00. The number of benzene rings is 2. The fourth-order valence-electron chi connectivity index (χ4n) is 3.00. The Balaban J connectivity index is 1.90. The summed E-state index contributed by atoms with van der Waals surface area (Å²) in [7, 11) is 1.69. The first-order valence-corrected chi connectivity index (χ1v) is 8.37. The maximum absolute atomic E-state index is 15.4. The molecule has 0 atom stereocenters. The zero-order valence-corrected chi connectivity index (χ0v) is 14.6. The van der Waals surface area contributed by atoms with Gasteiger partial charge in [-0.2, -0.15) is 5.10 Å². The Morgan fingerprint density at radius 2 is 1.85 bits per heavy atom. The smallest absolute Gasteiger partial charge is 0.158 e. The van der Waals surface area contributed by atoms with E-state index in [9.17, 15) is 0 Å². The summed E-state index contributed by atoms with van der Waals surface area (Å²) in [5, 5.41) is 7.57. The summed E-state index contributed by atoms with van der Waals surface area (Å²) >= 11 is 0. The Labute approximate surface area is 155 Å². The predicted octanol–water partition coefficient (Wildman–Crippen LogP) is 2.83. The lowest BCUT2D eigenvalue weighted by molar-refractivity contribution is 0.631. The Morgan fingerprint density at radius 1 is 1.07 bits per heavy atom. The third-order valence-electron chi connectivity index (χ3n) is 4.33. The maximum atomic E-state index is 15.4. The van der Waals surface area contributed by atoms with Crippen LogP contribution in [0, 0.1) is 5.82 Å². The van der Waals surface area contributed by atoms with Crippen molar-refractivity contribution in [1.29, 1.82) is 0 Å². The standard InChI is InChI=1S/C20H17FN6/c1-23-18(19-20(22)24-11-25-27-19)14-9-7-13-8-10-15(26-17(13)16(14)21)12-5-3-2-4-6-12/h2-11,23,27H,1H3,(H2,22,24,25)/b19-18-. The molecule has 2 aromatic carbocycles. The lowest BCUT2D eigenvalue weighted by Gasteiger charge is -2.17. The highest BCUT2D eigenvalue weighted by molar-refractivity contribution is 6.07. The van der Waals surface area contributed by atoms with E-state index in [4.69, 9.17) is 5.73 Å². The number of nitrogens with one attached hydrogen (secondary N) is 2. The van der Waals surface area contributed by atoms with Gasteiger partial charge in [-0.25, -0.2) is 14.4 Å². The first-order valence-electron chi connectivity index (χ1n) is 8.37. The van der Waals surface area contributed by atoms with E-state index in [-0.39, 0.29) is 11.4 Å². The molecule has 2 heterocycles. The molecule has 0 saturated carbocycles. The monoisotopic (exact) mass is 360 g/mol. The van der Waals surface area contributed by atoms with Crippen molar-refractivity contribution in [3.63, 3.8) is 0 Å². The molecular weight excluding hydrogens is 343 g/mol. The van der Waals surface area contributed by atoms with E-state index >= 15 is 4.39 Å². The normalized spacial score (nSPS) is 15.3. The highest BCUT2D eigenvalue weighted by Gasteiger charge is 2.19. The van der Waals surface area contributed by atoms with E-state index in [1.165, 1.54) is 6.34 Å². The second-order valence-electron chi connectivity index (χ2n) is 5.93. The molecule has 0 bridgehead atoms. The molecule has 0 radical (unpaired) electrons. The van der Waals surface area contributed by atoms with Crippen molar-refractivity contribution in [3.05, 3.63) is 71.7 Å². The molecule has 7 heteroatoms. The fraction of sp³-hybridized carbons (Fsp3) is 0.0500. The van der Waals surface area contributed by atoms with E-state index < -0.39 is 5.82 Å². The van der Waals surface area contributed by atoms with Gasteiger partial charge in [-0.15, -0.1) is 0 Å². The van der Waals surface area contributed by atoms with Gasteiger partial charge in [-0.05, 0) is 12.1 Å². The highest BCUT2D eigenvalue weighted by Crippen LogP contribution is 2.28. The van der Waals surface area contributed by atoms with Crippen LogP contribution in [0.3, 0.4) is 0 Å². The summed E-state index contributed by atoms with van der Waals surface area (Å²) in [4.78, 5) is 8.51. The number of aliphatic imine (C=N–C) groups is 1. The Bertz CT molecular complexity index is 1100. The van der Waals surface area contributed by atoms with Gasteiger partial charge in [-0.3, -0.25) is 5.43 Å². The van der Waals surface area contributed by atoms with E-state index in [0.29, 0.717) is 28.0 Å². The molecule has 1 aliphatic rings. The van der Waals surface area contributed by atoms with Gasteiger partial charge >= 0.3 is 0 Å². The van der Waals surface area contributed by atoms with Gasteiger partial charge in [-0.1, -0.05) is 42.5 Å². The number of hydrogen-bond donors (Lipinski definition) is 3. The number of aromatic nitrogens is 1. The van der Waals surface area contributed by atoms with Crippen LogP contribution in [0.25, 0.3) is 27.9 Å². The average molecular weight is 360 g/mol. The van der Waals surface area contributed by atoms with Crippen molar-refractivity contribution in [3.8, 4) is 11.3 Å². The number of pyridine rings is 1. The largest absolute Gasteiger partial charge is 0.386 e. The minimum atomic E-state index is -0.439. The number of halogens is 1. The van der Waals surface area contributed by atoms with Crippen molar-refractivity contribution in [2.45, 2.75) is 0 Å². The van der Waals surface area contributed by atoms with Crippen LogP contribution >= 0.6 is 0 Å². The predicted molar refractivity (Wildman–Crippen MR) is 106 cm³/mol. The maximum Gasteiger partial charge on any atom is 0.158 e. The van der Waals surface area contributed by atoms with E-state index in [0.717, 1.165) is 5.56 Å². The minimum absolute atomic E-state index is 0.222. The van der Waals surface area contributed by atoms with Crippen molar-refractivity contribution < 1.29 is 4.39 Å². The van der Waals surface area contributed by atoms with E-state index in [1.54, 1.807) is 13.1 Å². The lowest BCUT2D eigenvalue weighted by atomic mass is 10.0. The third kappa shape index (κ3) is 2.99.